The van der Waals surface area contributed by atoms with Gasteiger partial charge < -0.3 is 25.2 Å². The molecular formula is C11H24N2O3. The summed E-state index contributed by atoms with van der Waals surface area (Å²) < 4.78 is 11.0. The monoisotopic (exact) mass is 232 g/mol. The summed E-state index contributed by atoms with van der Waals surface area (Å²) in [6.45, 7) is 3.14. The van der Waals surface area contributed by atoms with Crippen LogP contribution >= 0.6 is 0 Å². The standard InChI is InChI=1S/C11H24N2O3/c1-8-7-9(13(2)3)10(11(14)16-8)15-6-4-5-12/h8-11,14H,4-7,12H2,1-3H3/t8-,9+,10-,11-/m1/s1. The van der Waals surface area contributed by atoms with Gasteiger partial charge in [-0.2, -0.15) is 0 Å². The van der Waals surface area contributed by atoms with Crippen LogP contribution in [-0.4, -0.2) is 61.8 Å². The Kier molecular flexibility index (Phi) is 5.64. The second kappa shape index (κ2) is 6.51. The summed E-state index contributed by atoms with van der Waals surface area (Å²) in [7, 11) is 3.99. The fourth-order valence-corrected chi connectivity index (χ4v) is 2.04. The summed E-state index contributed by atoms with van der Waals surface area (Å²) in [6, 6.07) is 0.191. The molecule has 5 heteroatoms. The van der Waals surface area contributed by atoms with E-state index in [-0.39, 0.29) is 18.2 Å². The summed E-state index contributed by atoms with van der Waals surface area (Å²) in [5.74, 6) is 0. The van der Waals surface area contributed by atoms with Crippen molar-refractivity contribution in [2.45, 2.75) is 44.3 Å². The molecule has 0 aromatic heterocycles. The number of hydrogen-bond donors (Lipinski definition) is 2. The SMILES string of the molecule is C[C@@H]1C[C@H](N(C)C)[C@@H](OCCCN)[C@H](O)O1. The first kappa shape index (κ1) is 13.9. The topological polar surface area (TPSA) is 68.0 Å². The van der Waals surface area contributed by atoms with Crippen molar-refractivity contribution in [1.29, 1.82) is 0 Å². The Morgan fingerprint density at radius 1 is 1.50 bits per heavy atom. The molecule has 1 aliphatic heterocycles. The average molecular weight is 232 g/mol. The number of aliphatic hydroxyl groups excluding tert-OH is 1. The van der Waals surface area contributed by atoms with Crippen LogP contribution in [0, 0.1) is 0 Å². The predicted molar refractivity (Wildman–Crippen MR) is 62.1 cm³/mol. The maximum atomic E-state index is 9.85. The van der Waals surface area contributed by atoms with Crippen LogP contribution in [0.2, 0.25) is 0 Å². The molecule has 1 rings (SSSR count). The molecule has 0 bridgehead atoms. The van der Waals surface area contributed by atoms with Crippen LogP contribution in [0.4, 0.5) is 0 Å². The van der Waals surface area contributed by atoms with E-state index in [1.54, 1.807) is 0 Å². The number of hydrogen-bond acceptors (Lipinski definition) is 5. The van der Waals surface area contributed by atoms with E-state index in [0.717, 1.165) is 12.8 Å². The fourth-order valence-electron chi connectivity index (χ4n) is 2.04. The minimum Gasteiger partial charge on any atom is -0.371 e. The molecule has 4 atom stereocenters. The van der Waals surface area contributed by atoms with E-state index in [1.165, 1.54) is 0 Å². The Morgan fingerprint density at radius 2 is 2.19 bits per heavy atom. The van der Waals surface area contributed by atoms with Crippen LogP contribution in [0.5, 0.6) is 0 Å². The van der Waals surface area contributed by atoms with E-state index in [4.69, 9.17) is 15.2 Å². The highest BCUT2D eigenvalue weighted by molar-refractivity contribution is 4.85. The zero-order valence-electron chi connectivity index (χ0n) is 10.4. The molecule has 0 amide bonds. The van der Waals surface area contributed by atoms with Crippen LogP contribution in [0.3, 0.4) is 0 Å². The minimum absolute atomic E-state index is 0.0664. The van der Waals surface area contributed by atoms with Crippen molar-refractivity contribution < 1.29 is 14.6 Å². The molecule has 0 saturated carbocycles. The highest BCUT2D eigenvalue weighted by Crippen LogP contribution is 2.24. The van der Waals surface area contributed by atoms with E-state index in [9.17, 15) is 5.11 Å². The van der Waals surface area contributed by atoms with E-state index in [2.05, 4.69) is 4.90 Å². The lowest BCUT2D eigenvalue weighted by Crippen LogP contribution is -2.54. The van der Waals surface area contributed by atoms with Crippen molar-refractivity contribution in [3.63, 3.8) is 0 Å². The largest absolute Gasteiger partial charge is 0.371 e. The quantitative estimate of drug-likeness (QED) is 0.641. The lowest BCUT2D eigenvalue weighted by atomic mass is 9.99. The maximum absolute atomic E-state index is 9.85. The van der Waals surface area contributed by atoms with Crippen LogP contribution in [0.1, 0.15) is 19.8 Å². The average Bonchev–Trinajstić information content (AvgIpc) is 2.20. The number of aliphatic hydroxyl groups is 1. The number of nitrogens with two attached hydrogens (primary N) is 1. The second-order valence-electron chi connectivity index (χ2n) is 4.58. The Bertz CT molecular complexity index is 202. The normalized spacial score (nSPS) is 35.6. The third kappa shape index (κ3) is 3.68. The molecule has 96 valence electrons. The number of nitrogens with zero attached hydrogens (tertiary/aromatic N) is 1. The van der Waals surface area contributed by atoms with Gasteiger partial charge in [0.25, 0.3) is 0 Å². The maximum Gasteiger partial charge on any atom is 0.182 e. The van der Waals surface area contributed by atoms with Gasteiger partial charge in [0.1, 0.15) is 6.10 Å². The Labute approximate surface area is 97.5 Å². The van der Waals surface area contributed by atoms with E-state index < -0.39 is 6.29 Å². The van der Waals surface area contributed by atoms with Crippen LogP contribution in [0.25, 0.3) is 0 Å². The molecule has 0 aromatic carbocycles. The van der Waals surface area contributed by atoms with Crippen LogP contribution in [0.15, 0.2) is 0 Å². The lowest BCUT2D eigenvalue weighted by molar-refractivity contribution is -0.243. The third-order valence-electron chi connectivity index (χ3n) is 2.93. The molecule has 0 spiro atoms. The van der Waals surface area contributed by atoms with Gasteiger partial charge in [-0.15, -0.1) is 0 Å². The summed E-state index contributed by atoms with van der Waals surface area (Å²) in [6.07, 6.45) is 0.624. The first-order chi connectivity index (χ1) is 7.56. The van der Waals surface area contributed by atoms with Gasteiger partial charge in [0.05, 0.1) is 6.10 Å². The Hall–Kier alpha value is -0.200. The molecule has 3 N–H and O–H groups in total. The molecule has 0 aromatic rings. The van der Waals surface area contributed by atoms with E-state index >= 15 is 0 Å². The van der Waals surface area contributed by atoms with Gasteiger partial charge in [-0.3, -0.25) is 0 Å². The van der Waals surface area contributed by atoms with Gasteiger partial charge in [-0.1, -0.05) is 0 Å². The molecule has 1 aliphatic rings. The van der Waals surface area contributed by atoms with Gasteiger partial charge in [0.15, 0.2) is 6.29 Å². The van der Waals surface area contributed by atoms with Crippen molar-refractivity contribution in [3.05, 3.63) is 0 Å². The Balaban J connectivity index is 2.53. The van der Waals surface area contributed by atoms with Gasteiger partial charge >= 0.3 is 0 Å². The molecule has 1 heterocycles. The lowest BCUT2D eigenvalue weighted by Gasteiger charge is -2.41. The van der Waals surface area contributed by atoms with Gasteiger partial charge in [0, 0.05) is 12.6 Å². The third-order valence-corrected chi connectivity index (χ3v) is 2.93. The highest BCUT2D eigenvalue weighted by atomic mass is 16.6. The van der Waals surface area contributed by atoms with Crippen molar-refractivity contribution >= 4 is 0 Å². The molecule has 0 radical (unpaired) electrons. The van der Waals surface area contributed by atoms with Crippen molar-refractivity contribution in [2.24, 2.45) is 5.73 Å². The highest BCUT2D eigenvalue weighted by Gasteiger charge is 2.38. The van der Waals surface area contributed by atoms with Crippen LogP contribution in [-0.2, 0) is 9.47 Å². The first-order valence-corrected chi connectivity index (χ1v) is 5.88. The summed E-state index contributed by atoms with van der Waals surface area (Å²) >= 11 is 0. The molecule has 1 fully saturated rings. The summed E-state index contributed by atoms with van der Waals surface area (Å²) in [5.41, 5.74) is 5.41. The van der Waals surface area contributed by atoms with Crippen LogP contribution < -0.4 is 5.73 Å². The molecule has 0 unspecified atom stereocenters. The molecule has 5 nitrogen and oxygen atoms in total. The molecule has 0 aliphatic carbocycles. The van der Waals surface area contributed by atoms with Crippen molar-refractivity contribution in [3.8, 4) is 0 Å². The molecule has 1 saturated heterocycles. The first-order valence-electron chi connectivity index (χ1n) is 5.88. The fraction of sp³-hybridized carbons (Fsp3) is 1.00. The number of rotatable bonds is 5. The van der Waals surface area contributed by atoms with E-state index in [0.29, 0.717) is 13.2 Å². The summed E-state index contributed by atoms with van der Waals surface area (Å²) in [4.78, 5) is 2.08. The van der Waals surface area contributed by atoms with E-state index in [1.807, 2.05) is 21.0 Å². The molecule has 16 heavy (non-hydrogen) atoms. The van der Waals surface area contributed by atoms with Crippen molar-refractivity contribution in [1.82, 2.24) is 4.90 Å². The van der Waals surface area contributed by atoms with Gasteiger partial charge in [0.2, 0.25) is 0 Å². The zero-order chi connectivity index (χ0) is 12.1. The summed E-state index contributed by atoms with van der Waals surface area (Å²) in [5, 5.41) is 9.85. The number of ether oxygens (including phenoxy) is 2. The minimum atomic E-state index is -0.839. The Morgan fingerprint density at radius 3 is 2.75 bits per heavy atom. The zero-order valence-corrected chi connectivity index (χ0v) is 10.4. The second-order valence-corrected chi connectivity index (χ2v) is 4.58. The van der Waals surface area contributed by atoms with Gasteiger partial charge in [-0.25, -0.2) is 0 Å². The molecular weight excluding hydrogens is 208 g/mol. The number of likely N-dealkylation sites (N-methyl/N-ethyl adjacent to an activating group) is 1. The van der Waals surface area contributed by atoms with Crippen molar-refractivity contribution in [2.75, 3.05) is 27.2 Å². The smallest absolute Gasteiger partial charge is 0.182 e. The predicted octanol–water partition coefficient (Wildman–Crippen LogP) is -0.222. The van der Waals surface area contributed by atoms with Gasteiger partial charge in [-0.05, 0) is 40.4 Å².